The van der Waals surface area contributed by atoms with E-state index >= 15 is 0 Å². The minimum Gasteiger partial charge on any atom is -0.469 e. The minimum atomic E-state index is -0.333. The molecule has 2 unspecified atom stereocenters. The van der Waals surface area contributed by atoms with Crippen LogP contribution in [0.2, 0.25) is 0 Å². The van der Waals surface area contributed by atoms with Crippen molar-refractivity contribution in [3.05, 3.63) is 0 Å². The van der Waals surface area contributed by atoms with E-state index in [2.05, 4.69) is 0 Å². The van der Waals surface area contributed by atoms with E-state index in [1.807, 2.05) is 0 Å². The van der Waals surface area contributed by atoms with E-state index < -0.39 is 0 Å². The molecule has 4 aliphatic carbocycles. The molecule has 0 spiro atoms. The summed E-state index contributed by atoms with van der Waals surface area (Å²) in [4.78, 5) is 23.1. The van der Waals surface area contributed by atoms with Gasteiger partial charge in [0, 0.05) is 6.92 Å². The van der Waals surface area contributed by atoms with Crippen LogP contribution in [-0.4, -0.2) is 37.9 Å². The Bertz CT molecular complexity index is 430. The minimum absolute atomic E-state index is 0.0652. The Morgan fingerprint density at radius 1 is 1.10 bits per heavy atom. The van der Waals surface area contributed by atoms with E-state index in [-0.39, 0.29) is 29.6 Å². The zero-order valence-electron chi connectivity index (χ0n) is 12.9. The molecule has 0 aromatic carbocycles. The maximum atomic E-state index is 12.3. The molecular weight excluding hydrogens is 272 g/mol. The molecule has 5 heteroatoms. The highest BCUT2D eigenvalue weighted by molar-refractivity contribution is 5.77. The van der Waals surface area contributed by atoms with Crippen molar-refractivity contribution in [1.29, 1.82) is 0 Å². The Labute approximate surface area is 125 Å². The summed E-state index contributed by atoms with van der Waals surface area (Å²) in [5, 5.41) is 0. The van der Waals surface area contributed by atoms with Crippen molar-refractivity contribution in [2.24, 2.45) is 17.3 Å². The van der Waals surface area contributed by atoms with Crippen LogP contribution in [0, 0.1) is 17.3 Å². The van der Waals surface area contributed by atoms with Gasteiger partial charge in [-0.2, -0.15) is 0 Å². The fourth-order valence-electron chi connectivity index (χ4n) is 5.25. The van der Waals surface area contributed by atoms with Crippen molar-refractivity contribution >= 4 is 11.9 Å². The average molecular weight is 296 g/mol. The van der Waals surface area contributed by atoms with Crippen LogP contribution in [0.4, 0.5) is 0 Å². The predicted octanol–water partition coefficient (Wildman–Crippen LogP) is 2.08. The van der Waals surface area contributed by atoms with E-state index in [0.717, 1.165) is 32.1 Å². The molecule has 118 valence electrons. The summed E-state index contributed by atoms with van der Waals surface area (Å²) >= 11 is 0. The fourth-order valence-corrected chi connectivity index (χ4v) is 5.25. The number of carbonyl (C=O) groups is 2. The molecule has 0 radical (unpaired) electrons. The number of carbonyl (C=O) groups excluding carboxylic acids is 2. The molecule has 0 saturated heterocycles. The molecule has 4 saturated carbocycles. The third-order valence-corrected chi connectivity index (χ3v) is 5.42. The first-order valence-corrected chi connectivity index (χ1v) is 7.83. The third-order valence-electron chi connectivity index (χ3n) is 5.42. The lowest BCUT2D eigenvalue weighted by atomic mass is 9.48. The Hall–Kier alpha value is -1.10. The lowest BCUT2D eigenvalue weighted by Crippen LogP contribution is -2.59. The maximum absolute atomic E-state index is 12.3. The summed E-state index contributed by atoms with van der Waals surface area (Å²) in [6.45, 7) is 2.10. The molecule has 2 atom stereocenters. The molecule has 0 aliphatic heterocycles. The summed E-state index contributed by atoms with van der Waals surface area (Å²) in [7, 11) is 1.48. The van der Waals surface area contributed by atoms with Gasteiger partial charge in [0.1, 0.15) is 6.61 Å². The first kappa shape index (κ1) is 14.8. The number of methoxy groups -OCH3 is 1. The Kier molecular flexibility index (Phi) is 3.72. The van der Waals surface area contributed by atoms with Crippen molar-refractivity contribution in [3.63, 3.8) is 0 Å². The Balaban J connectivity index is 1.68. The molecule has 5 nitrogen and oxygen atoms in total. The van der Waals surface area contributed by atoms with Crippen molar-refractivity contribution in [1.82, 2.24) is 0 Å². The van der Waals surface area contributed by atoms with E-state index in [0.29, 0.717) is 18.4 Å². The SMILES string of the molecule is COC(=O)C12CC3CC(CC(OCCOC(C)=O)(C3)C1)C2. The van der Waals surface area contributed by atoms with Gasteiger partial charge in [0.15, 0.2) is 0 Å². The van der Waals surface area contributed by atoms with Crippen LogP contribution in [-0.2, 0) is 23.8 Å². The van der Waals surface area contributed by atoms with Crippen LogP contribution in [0.25, 0.3) is 0 Å². The summed E-state index contributed by atoms with van der Waals surface area (Å²) in [5.41, 5.74) is -0.543. The number of esters is 2. The van der Waals surface area contributed by atoms with Crippen LogP contribution < -0.4 is 0 Å². The number of hydrogen-bond donors (Lipinski definition) is 0. The molecule has 4 bridgehead atoms. The monoisotopic (exact) mass is 296 g/mol. The largest absolute Gasteiger partial charge is 0.469 e. The summed E-state index contributed by atoms with van der Waals surface area (Å²) in [6, 6.07) is 0. The molecule has 4 aliphatic rings. The lowest BCUT2D eigenvalue weighted by Gasteiger charge is -2.60. The van der Waals surface area contributed by atoms with Crippen LogP contribution in [0.15, 0.2) is 0 Å². The van der Waals surface area contributed by atoms with Gasteiger partial charge in [0.25, 0.3) is 0 Å². The predicted molar refractivity (Wildman–Crippen MR) is 74.4 cm³/mol. The van der Waals surface area contributed by atoms with Crippen LogP contribution >= 0.6 is 0 Å². The summed E-state index contributed by atoms with van der Waals surface area (Å²) in [5.74, 6) is 0.790. The normalized spacial score (nSPS) is 40.1. The zero-order chi connectivity index (χ0) is 15.1. The fraction of sp³-hybridized carbons (Fsp3) is 0.875. The van der Waals surface area contributed by atoms with E-state index in [1.54, 1.807) is 0 Å². The van der Waals surface area contributed by atoms with Crippen LogP contribution in [0.1, 0.15) is 45.4 Å². The first-order valence-electron chi connectivity index (χ1n) is 7.83. The van der Waals surface area contributed by atoms with Gasteiger partial charge in [0.2, 0.25) is 0 Å². The van der Waals surface area contributed by atoms with E-state index in [1.165, 1.54) is 20.5 Å². The Morgan fingerprint density at radius 3 is 2.33 bits per heavy atom. The maximum Gasteiger partial charge on any atom is 0.311 e. The molecule has 0 heterocycles. The molecule has 0 N–H and O–H groups in total. The van der Waals surface area contributed by atoms with Gasteiger partial charge in [-0.3, -0.25) is 9.59 Å². The second-order valence-electron chi connectivity index (χ2n) is 7.10. The molecule has 0 amide bonds. The smallest absolute Gasteiger partial charge is 0.311 e. The van der Waals surface area contributed by atoms with Gasteiger partial charge in [0.05, 0.1) is 24.7 Å². The first-order chi connectivity index (χ1) is 9.97. The average Bonchev–Trinajstić information content (AvgIpc) is 2.41. The Morgan fingerprint density at radius 2 is 1.76 bits per heavy atom. The van der Waals surface area contributed by atoms with Gasteiger partial charge in [-0.25, -0.2) is 0 Å². The van der Waals surface area contributed by atoms with Crippen LogP contribution in [0.5, 0.6) is 0 Å². The van der Waals surface area contributed by atoms with Crippen LogP contribution in [0.3, 0.4) is 0 Å². The highest BCUT2D eigenvalue weighted by Gasteiger charge is 2.61. The molecule has 4 rings (SSSR count). The van der Waals surface area contributed by atoms with Crippen molar-refractivity contribution in [2.45, 2.75) is 51.0 Å². The topological polar surface area (TPSA) is 61.8 Å². The van der Waals surface area contributed by atoms with Crippen molar-refractivity contribution < 1.29 is 23.8 Å². The van der Waals surface area contributed by atoms with Gasteiger partial charge >= 0.3 is 11.9 Å². The highest BCUT2D eigenvalue weighted by atomic mass is 16.6. The number of rotatable bonds is 5. The van der Waals surface area contributed by atoms with Gasteiger partial charge in [-0.15, -0.1) is 0 Å². The van der Waals surface area contributed by atoms with Gasteiger partial charge < -0.3 is 14.2 Å². The van der Waals surface area contributed by atoms with Gasteiger partial charge in [-0.05, 0) is 50.4 Å². The molecular formula is C16H24O5. The quantitative estimate of drug-likeness (QED) is 0.574. The molecule has 0 aromatic heterocycles. The standard InChI is InChI=1S/C16H24O5/c1-11(17)20-3-4-21-16-8-12-5-13(9-16)7-15(6-12,10-16)14(18)19-2/h12-13H,3-10H2,1-2H3. The number of hydrogen-bond acceptors (Lipinski definition) is 5. The molecule has 4 fully saturated rings. The molecule has 21 heavy (non-hydrogen) atoms. The molecule has 0 aromatic rings. The van der Waals surface area contributed by atoms with E-state index in [4.69, 9.17) is 14.2 Å². The highest BCUT2D eigenvalue weighted by Crippen LogP contribution is 2.63. The third kappa shape index (κ3) is 2.68. The van der Waals surface area contributed by atoms with E-state index in [9.17, 15) is 9.59 Å². The van der Waals surface area contributed by atoms with Gasteiger partial charge in [-0.1, -0.05) is 0 Å². The van der Waals surface area contributed by atoms with Crippen molar-refractivity contribution in [3.8, 4) is 0 Å². The zero-order valence-corrected chi connectivity index (χ0v) is 12.9. The summed E-state index contributed by atoms with van der Waals surface area (Å²) < 4.78 is 16.1. The number of ether oxygens (including phenoxy) is 3. The van der Waals surface area contributed by atoms with Crippen molar-refractivity contribution in [2.75, 3.05) is 20.3 Å². The second kappa shape index (κ2) is 5.27. The second-order valence-corrected chi connectivity index (χ2v) is 7.10. The summed E-state index contributed by atoms with van der Waals surface area (Å²) in [6.07, 6.45) is 5.94. The lowest BCUT2D eigenvalue weighted by molar-refractivity contribution is -0.211.